The average molecular weight is 516 g/mol. The van der Waals surface area contributed by atoms with Gasteiger partial charge in [-0.15, -0.1) is 0 Å². The molecule has 2 saturated carbocycles. The molecule has 2 heterocycles. The molecule has 37 heavy (non-hydrogen) atoms. The summed E-state index contributed by atoms with van der Waals surface area (Å²) >= 11 is 0. The molecule has 1 aromatic rings. The summed E-state index contributed by atoms with van der Waals surface area (Å²) in [6.07, 6.45) is -0.494. The first kappa shape index (κ1) is 25.6. The van der Waals surface area contributed by atoms with Crippen molar-refractivity contribution in [1.82, 2.24) is 10.3 Å². The molecule has 200 valence electrons. The molecule has 0 aromatic heterocycles. The number of hydrogen-bond acceptors (Lipinski definition) is 9. The van der Waals surface area contributed by atoms with Crippen LogP contribution < -0.4 is 10.2 Å². The number of amides is 3. The number of aliphatic hydroxyl groups is 2. The summed E-state index contributed by atoms with van der Waals surface area (Å²) in [6, 6.07) is 7.09. The molecule has 7 atom stereocenters. The second kappa shape index (κ2) is 10.8. The number of ether oxygens (including phenoxy) is 3. The van der Waals surface area contributed by atoms with E-state index in [4.69, 9.17) is 14.2 Å². The van der Waals surface area contributed by atoms with E-state index in [0.29, 0.717) is 30.9 Å². The highest BCUT2D eigenvalue weighted by atomic mass is 16.6. The van der Waals surface area contributed by atoms with Gasteiger partial charge in [0.15, 0.2) is 0 Å². The van der Waals surface area contributed by atoms with Crippen LogP contribution in [0.1, 0.15) is 37.7 Å². The van der Waals surface area contributed by atoms with Crippen LogP contribution in [0.2, 0.25) is 0 Å². The number of methoxy groups -OCH3 is 1. The van der Waals surface area contributed by atoms with Gasteiger partial charge < -0.3 is 24.4 Å². The number of hydrazone groups is 1. The minimum atomic E-state index is -1.17. The first-order valence-corrected chi connectivity index (χ1v) is 12.8. The maximum absolute atomic E-state index is 13.4. The second-order valence-corrected chi connectivity index (χ2v) is 10.2. The molecular formula is C26H33N3O8. The fourth-order valence-electron chi connectivity index (χ4n) is 6.26. The first-order chi connectivity index (χ1) is 17.9. The van der Waals surface area contributed by atoms with Gasteiger partial charge in [-0.05, 0) is 43.4 Å². The van der Waals surface area contributed by atoms with Crippen LogP contribution in [0.15, 0.2) is 29.4 Å². The Morgan fingerprint density at radius 1 is 1.14 bits per heavy atom. The number of carbonyl (C=O) groups is 3. The van der Waals surface area contributed by atoms with Gasteiger partial charge in [-0.3, -0.25) is 14.5 Å². The third-order valence-corrected chi connectivity index (χ3v) is 8.10. The Balaban J connectivity index is 1.26. The Kier molecular flexibility index (Phi) is 7.45. The lowest BCUT2D eigenvalue weighted by molar-refractivity contribution is -0.143. The van der Waals surface area contributed by atoms with Gasteiger partial charge in [0.25, 0.3) is 0 Å². The second-order valence-electron chi connectivity index (χ2n) is 10.2. The van der Waals surface area contributed by atoms with Gasteiger partial charge in [-0.25, -0.2) is 10.2 Å². The van der Waals surface area contributed by atoms with Crippen molar-refractivity contribution >= 4 is 23.6 Å². The van der Waals surface area contributed by atoms with Crippen molar-refractivity contribution in [1.29, 1.82) is 0 Å². The van der Waals surface area contributed by atoms with E-state index in [2.05, 4.69) is 10.5 Å². The van der Waals surface area contributed by atoms with Crippen LogP contribution in [-0.4, -0.2) is 77.3 Å². The van der Waals surface area contributed by atoms with Crippen LogP contribution in [0, 0.1) is 23.7 Å². The number of carbonyl (C=O) groups excluding carboxylic acids is 3. The summed E-state index contributed by atoms with van der Waals surface area (Å²) in [5, 5.41) is 25.7. The highest BCUT2D eigenvalue weighted by Gasteiger charge is 2.59. The first-order valence-electron chi connectivity index (χ1n) is 12.8. The molecule has 2 aliphatic heterocycles. The Labute approximate surface area is 214 Å². The number of rotatable bonds is 6. The summed E-state index contributed by atoms with van der Waals surface area (Å²) in [5.41, 5.74) is 3.64. The molecule has 11 heteroatoms. The van der Waals surface area contributed by atoms with Gasteiger partial charge in [0.2, 0.25) is 11.8 Å². The lowest BCUT2D eigenvalue weighted by atomic mass is 9.60. The predicted octanol–water partition coefficient (Wildman–Crippen LogP) is 1.21. The van der Waals surface area contributed by atoms with Crippen molar-refractivity contribution < 1.29 is 38.8 Å². The van der Waals surface area contributed by atoms with Crippen molar-refractivity contribution in [3.63, 3.8) is 0 Å². The number of fused-ring (bicyclic) bond motifs is 3. The molecule has 4 aliphatic rings. The van der Waals surface area contributed by atoms with E-state index in [1.54, 1.807) is 31.4 Å². The SMILES string of the molecule is COc1ccc(COC(=O)NN=C2C[C@@H](O)[C@@H](O)[C@@H]3[C@@H]4C(=O)N(C[C@@H]5CCCO5)C(=O)[C@@H]4CC[C@@H]23)cc1. The van der Waals surface area contributed by atoms with E-state index < -0.39 is 36.1 Å². The van der Waals surface area contributed by atoms with Crippen LogP contribution in [0.25, 0.3) is 0 Å². The zero-order valence-electron chi connectivity index (χ0n) is 20.7. The molecule has 11 nitrogen and oxygen atoms in total. The van der Waals surface area contributed by atoms with E-state index in [9.17, 15) is 24.6 Å². The molecule has 5 rings (SSSR count). The third-order valence-electron chi connectivity index (χ3n) is 8.10. The maximum atomic E-state index is 13.4. The minimum Gasteiger partial charge on any atom is -0.497 e. The van der Waals surface area contributed by atoms with E-state index in [1.165, 1.54) is 4.90 Å². The molecule has 0 bridgehead atoms. The zero-order valence-corrected chi connectivity index (χ0v) is 20.7. The summed E-state index contributed by atoms with van der Waals surface area (Å²) in [6.45, 7) is 0.886. The number of nitrogens with one attached hydrogen (secondary N) is 1. The van der Waals surface area contributed by atoms with Gasteiger partial charge in [-0.2, -0.15) is 5.10 Å². The van der Waals surface area contributed by atoms with Crippen LogP contribution in [-0.2, 0) is 25.7 Å². The van der Waals surface area contributed by atoms with Crippen molar-refractivity contribution in [2.24, 2.45) is 28.8 Å². The fraction of sp³-hybridized carbons (Fsp3) is 0.615. The number of imide groups is 1. The van der Waals surface area contributed by atoms with Gasteiger partial charge >= 0.3 is 6.09 Å². The highest BCUT2D eigenvalue weighted by Crippen LogP contribution is 2.49. The smallest absolute Gasteiger partial charge is 0.428 e. The van der Waals surface area contributed by atoms with Gasteiger partial charge in [0.1, 0.15) is 12.4 Å². The quantitative estimate of drug-likeness (QED) is 0.378. The maximum Gasteiger partial charge on any atom is 0.428 e. The van der Waals surface area contributed by atoms with Gasteiger partial charge in [-0.1, -0.05) is 12.1 Å². The Morgan fingerprint density at radius 3 is 2.59 bits per heavy atom. The average Bonchev–Trinajstić information content (AvgIpc) is 3.51. The molecule has 2 saturated heterocycles. The summed E-state index contributed by atoms with van der Waals surface area (Å²) in [7, 11) is 1.57. The molecule has 4 fully saturated rings. The van der Waals surface area contributed by atoms with Crippen molar-refractivity contribution in [2.75, 3.05) is 20.3 Å². The molecule has 3 N–H and O–H groups in total. The monoisotopic (exact) mass is 515 g/mol. The Morgan fingerprint density at radius 2 is 1.89 bits per heavy atom. The van der Waals surface area contributed by atoms with Crippen LogP contribution in [0.5, 0.6) is 5.75 Å². The predicted molar refractivity (Wildman–Crippen MR) is 129 cm³/mol. The Bertz CT molecular complexity index is 1050. The highest BCUT2D eigenvalue weighted by molar-refractivity contribution is 6.06. The molecule has 0 unspecified atom stereocenters. The van der Waals surface area contributed by atoms with E-state index in [0.717, 1.165) is 18.4 Å². The number of hydrogen-bond donors (Lipinski definition) is 3. The number of nitrogens with zero attached hydrogens (tertiary/aromatic N) is 2. The third kappa shape index (κ3) is 5.07. The lowest BCUT2D eigenvalue weighted by Crippen LogP contribution is -2.55. The standard InChI is InChI=1S/C26H33N3O8/c1-35-15-6-4-14(5-7-15)13-37-26(34)28-27-19-11-20(30)23(31)21-17(19)8-9-18-22(21)25(33)29(24(18)32)12-16-3-2-10-36-16/h4-7,16-18,20-23,30-31H,2-3,8-13H2,1H3,(H,28,34)/t16-,17-,18+,20+,21-,22+,23+/m0/s1. The Hall–Kier alpha value is -3.02. The zero-order chi connectivity index (χ0) is 26.1. The molecule has 2 aliphatic carbocycles. The lowest BCUT2D eigenvalue weighted by Gasteiger charge is -2.45. The van der Waals surface area contributed by atoms with Crippen molar-refractivity contribution in [3.05, 3.63) is 29.8 Å². The van der Waals surface area contributed by atoms with Crippen molar-refractivity contribution in [2.45, 2.75) is 57.0 Å². The van der Waals surface area contributed by atoms with E-state index in [1.807, 2.05) is 0 Å². The van der Waals surface area contributed by atoms with E-state index in [-0.39, 0.29) is 43.4 Å². The normalized spacial score (nSPS) is 34.3. The molecule has 3 amide bonds. The van der Waals surface area contributed by atoms with Crippen LogP contribution >= 0.6 is 0 Å². The largest absolute Gasteiger partial charge is 0.497 e. The molecule has 0 spiro atoms. The van der Waals surface area contributed by atoms with E-state index >= 15 is 0 Å². The van der Waals surface area contributed by atoms with Crippen molar-refractivity contribution in [3.8, 4) is 5.75 Å². The summed E-state index contributed by atoms with van der Waals surface area (Å²) < 4.78 is 16.0. The summed E-state index contributed by atoms with van der Waals surface area (Å²) in [4.78, 5) is 40.1. The number of aliphatic hydroxyl groups excluding tert-OH is 2. The number of likely N-dealkylation sites (tertiary alicyclic amines) is 1. The topological polar surface area (TPSA) is 147 Å². The molecule has 1 aromatic carbocycles. The van der Waals surface area contributed by atoms with Gasteiger partial charge in [0.05, 0.1) is 43.8 Å². The molecule has 0 radical (unpaired) electrons. The van der Waals surface area contributed by atoms with Gasteiger partial charge in [0, 0.05) is 30.6 Å². The van der Waals surface area contributed by atoms with Crippen LogP contribution in [0.4, 0.5) is 4.79 Å². The fourth-order valence-corrected chi connectivity index (χ4v) is 6.26. The number of benzene rings is 1. The minimum absolute atomic E-state index is 0.0367. The summed E-state index contributed by atoms with van der Waals surface area (Å²) in [5.74, 6) is -2.12. The van der Waals surface area contributed by atoms with Crippen LogP contribution in [0.3, 0.4) is 0 Å². The molecular weight excluding hydrogens is 482 g/mol.